The molecule has 8 heteroatoms. The first kappa shape index (κ1) is 15.7. The van der Waals surface area contributed by atoms with Crippen LogP contribution in [0.4, 0.5) is 17.1 Å². The third-order valence-electron chi connectivity index (χ3n) is 2.66. The van der Waals surface area contributed by atoms with E-state index < -0.39 is 4.92 Å². The maximum atomic E-state index is 11.6. The molecular weight excluding hydrogens is 264 g/mol. The summed E-state index contributed by atoms with van der Waals surface area (Å²) in [5.41, 5.74) is 6.16. The molecule has 0 saturated carbocycles. The summed E-state index contributed by atoms with van der Waals surface area (Å²) >= 11 is 0. The van der Waals surface area contributed by atoms with Crippen molar-refractivity contribution in [1.29, 1.82) is 0 Å². The van der Waals surface area contributed by atoms with Crippen molar-refractivity contribution in [1.82, 2.24) is 5.32 Å². The zero-order chi connectivity index (χ0) is 15.1. The first-order valence-electron chi connectivity index (χ1n) is 5.96. The number of methoxy groups -OCH3 is 1. The molecule has 0 unspecified atom stereocenters. The first-order chi connectivity index (χ1) is 9.45. The van der Waals surface area contributed by atoms with E-state index in [0.717, 1.165) is 0 Å². The number of carbonyl (C=O) groups is 1. The van der Waals surface area contributed by atoms with Gasteiger partial charge in [-0.2, -0.15) is 0 Å². The standard InChI is InChI=1S/C12H18N4O4/c1-15(8-12(17)14-5-6-20-2)9-3-4-11(16(18)19)10(13)7-9/h3-4,7H,5-6,8,13H2,1-2H3,(H,14,17). The summed E-state index contributed by atoms with van der Waals surface area (Å²) in [5, 5.41) is 13.3. The summed E-state index contributed by atoms with van der Waals surface area (Å²) in [6, 6.07) is 4.35. The molecule has 0 aliphatic heterocycles. The van der Waals surface area contributed by atoms with Gasteiger partial charge in [-0.05, 0) is 12.1 Å². The Balaban J connectivity index is 2.63. The number of anilines is 2. The van der Waals surface area contributed by atoms with Crippen molar-refractivity contribution < 1.29 is 14.5 Å². The van der Waals surface area contributed by atoms with Crippen LogP contribution in [0.25, 0.3) is 0 Å². The number of nitrogens with zero attached hydrogens (tertiary/aromatic N) is 2. The van der Waals surface area contributed by atoms with Gasteiger partial charge in [0, 0.05) is 32.5 Å². The highest BCUT2D eigenvalue weighted by Gasteiger charge is 2.14. The van der Waals surface area contributed by atoms with Gasteiger partial charge in [0.25, 0.3) is 5.69 Å². The highest BCUT2D eigenvalue weighted by molar-refractivity contribution is 5.81. The van der Waals surface area contributed by atoms with Crippen LogP contribution in [0.5, 0.6) is 0 Å². The molecule has 0 radical (unpaired) electrons. The number of nitrogen functional groups attached to an aromatic ring is 1. The van der Waals surface area contributed by atoms with E-state index in [-0.39, 0.29) is 23.8 Å². The second-order valence-electron chi connectivity index (χ2n) is 4.20. The number of hydrogen-bond donors (Lipinski definition) is 2. The molecule has 20 heavy (non-hydrogen) atoms. The number of hydrogen-bond acceptors (Lipinski definition) is 6. The Kier molecular flexibility index (Phi) is 5.73. The smallest absolute Gasteiger partial charge is 0.292 e. The lowest BCUT2D eigenvalue weighted by atomic mass is 10.2. The summed E-state index contributed by atoms with van der Waals surface area (Å²) in [6.45, 7) is 1.01. The van der Waals surface area contributed by atoms with E-state index >= 15 is 0 Å². The van der Waals surface area contributed by atoms with Crippen molar-refractivity contribution in [2.75, 3.05) is 44.5 Å². The van der Waals surface area contributed by atoms with Gasteiger partial charge in [0.15, 0.2) is 0 Å². The van der Waals surface area contributed by atoms with E-state index in [1.54, 1.807) is 25.1 Å². The van der Waals surface area contributed by atoms with Crippen LogP contribution in [0.15, 0.2) is 18.2 Å². The van der Waals surface area contributed by atoms with Gasteiger partial charge >= 0.3 is 0 Å². The largest absolute Gasteiger partial charge is 0.393 e. The second kappa shape index (κ2) is 7.29. The average Bonchev–Trinajstić information content (AvgIpc) is 2.38. The molecule has 8 nitrogen and oxygen atoms in total. The molecule has 0 spiro atoms. The Bertz CT molecular complexity index is 492. The topological polar surface area (TPSA) is 111 Å². The summed E-state index contributed by atoms with van der Waals surface area (Å²) in [6.07, 6.45) is 0. The van der Waals surface area contributed by atoms with Crippen molar-refractivity contribution in [2.45, 2.75) is 0 Å². The normalized spacial score (nSPS) is 10.1. The van der Waals surface area contributed by atoms with Crippen LogP contribution < -0.4 is 16.0 Å². The predicted octanol–water partition coefficient (Wildman–Crippen LogP) is 0.376. The van der Waals surface area contributed by atoms with E-state index in [1.807, 2.05) is 0 Å². The first-order valence-corrected chi connectivity index (χ1v) is 5.96. The summed E-state index contributed by atoms with van der Waals surface area (Å²) in [4.78, 5) is 23.4. The summed E-state index contributed by atoms with van der Waals surface area (Å²) in [7, 11) is 3.26. The van der Waals surface area contributed by atoms with Gasteiger partial charge in [0.1, 0.15) is 5.69 Å². The molecular formula is C12H18N4O4. The Hall–Kier alpha value is -2.35. The lowest BCUT2D eigenvalue weighted by Crippen LogP contribution is -2.36. The number of nitrogens with one attached hydrogen (secondary N) is 1. The number of nitro benzene ring substituents is 1. The quantitative estimate of drug-likeness (QED) is 0.323. The van der Waals surface area contributed by atoms with Gasteiger partial charge < -0.3 is 20.7 Å². The third-order valence-corrected chi connectivity index (χ3v) is 2.66. The molecule has 0 fully saturated rings. The number of nitro groups is 1. The van der Waals surface area contributed by atoms with Crippen molar-refractivity contribution >= 4 is 23.0 Å². The minimum absolute atomic E-state index is 0.0686. The Morgan fingerprint density at radius 3 is 2.80 bits per heavy atom. The summed E-state index contributed by atoms with van der Waals surface area (Å²) in [5.74, 6) is -0.165. The van der Waals surface area contributed by atoms with Crippen LogP contribution in [0.1, 0.15) is 0 Å². The summed E-state index contributed by atoms with van der Waals surface area (Å²) < 4.78 is 4.82. The van der Waals surface area contributed by atoms with Crippen LogP contribution in [0.2, 0.25) is 0 Å². The minimum Gasteiger partial charge on any atom is -0.393 e. The molecule has 0 aliphatic rings. The maximum Gasteiger partial charge on any atom is 0.292 e. The fourth-order valence-corrected chi connectivity index (χ4v) is 1.60. The lowest BCUT2D eigenvalue weighted by molar-refractivity contribution is -0.383. The lowest BCUT2D eigenvalue weighted by Gasteiger charge is -2.19. The predicted molar refractivity (Wildman–Crippen MR) is 75.7 cm³/mol. The molecule has 3 N–H and O–H groups in total. The van der Waals surface area contributed by atoms with Crippen molar-refractivity contribution in [3.63, 3.8) is 0 Å². The number of benzene rings is 1. The maximum absolute atomic E-state index is 11.6. The van der Waals surface area contributed by atoms with Gasteiger partial charge in [-0.3, -0.25) is 14.9 Å². The Morgan fingerprint density at radius 2 is 2.25 bits per heavy atom. The second-order valence-corrected chi connectivity index (χ2v) is 4.20. The molecule has 0 heterocycles. The van der Waals surface area contributed by atoms with Gasteiger partial charge in [-0.25, -0.2) is 0 Å². The van der Waals surface area contributed by atoms with Crippen molar-refractivity contribution in [2.24, 2.45) is 0 Å². The van der Waals surface area contributed by atoms with Gasteiger partial charge in [-0.15, -0.1) is 0 Å². The van der Waals surface area contributed by atoms with E-state index in [2.05, 4.69) is 5.32 Å². The Labute approximate surface area is 116 Å². The number of rotatable bonds is 7. The highest BCUT2D eigenvalue weighted by Crippen LogP contribution is 2.26. The third kappa shape index (κ3) is 4.39. The Morgan fingerprint density at radius 1 is 1.55 bits per heavy atom. The zero-order valence-corrected chi connectivity index (χ0v) is 11.5. The van der Waals surface area contributed by atoms with Gasteiger partial charge in [-0.1, -0.05) is 0 Å². The van der Waals surface area contributed by atoms with E-state index in [9.17, 15) is 14.9 Å². The van der Waals surface area contributed by atoms with Crippen LogP contribution in [-0.2, 0) is 9.53 Å². The van der Waals surface area contributed by atoms with Gasteiger partial charge in [0.05, 0.1) is 18.1 Å². The average molecular weight is 282 g/mol. The highest BCUT2D eigenvalue weighted by atomic mass is 16.6. The molecule has 1 amide bonds. The molecule has 0 bridgehead atoms. The molecule has 1 aromatic rings. The molecule has 1 aromatic carbocycles. The molecule has 0 aliphatic carbocycles. The number of likely N-dealkylation sites (N-methyl/N-ethyl adjacent to an activating group) is 1. The SMILES string of the molecule is COCCNC(=O)CN(C)c1ccc([N+](=O)[O-])c(N)c1. The number of ether oxygens (including phenoxy) is 1. The van der Waals surface area contributed by atoms with E-state index in [0.29, 0.717) is 18.8 Å². The van der Waals surface area contributed by atoms with Crippen molar-refractivity contribution in [3.8, 4) is 0 Å². The fourth-order valence-electron chi connectivity index (χ4n) is 1.60. The monoisotopic (exact) mass is 282 g/mol. The molecule has 110 valence electrons. The zero-order valence-electron chi connectivity index (χ0n) is 11.5. The molecule has 0 aromatic heterocycles. The molecule has 0 atom stereocenters. The minimum atomic E-state index is -0.545. The van der Waals surface area contributed by atoms with Crippen LogP contribution in [-0.4, -0.2) is 44.7 Å². The van der Waals surface area contributed by atoms with E-state index in [1.165, 1.54) is 12.1 Å². The van der Waals surface area contributed by atoms with Crippen LogP contribution in [0, 0.1) is 10.1 Å². The van der Waals surface area contributed by atoms with Crippen molar-refractivity contribution in [3.05, 3.63) is 28.3 Å². The van der Waals surface area contributed by atoms with Gasteiger partial charge in [0.2, 0.25) is 5.91 Å². The fraction of sp³-hybridized carbons (Fsp3) is 0.417. The number of nitrogens with two attached hydrogens (primary N) is 1. The van der Waals surface area contributed by atoms with E-state index in [4.69, 9.17) is 10.5 Å². The van der Waals surface area contributed by atoms with Crippen LogP contribution in [0.3, 0.4) is 0 Å². The van der Waals surface area contributed by atoms with Crippen LogP contribution >= 0.6 is 0 Å². The molecule has 0 saturated heterocycles. The number of carbonyl (C=O) groups excluding carboxylic acids is 1. The molecule has 1 rings (SSSR count). The number of amides is 1.